The Balaban J connectivity index is 1.75. The standard InChI is InChI=1S/C20H28N2O4/c1-3-17-11-7-8-12-22(17)20(25)15(2)26-19(24)14-21-18(23)13-16-9-5-4-6-10-16/h4-6,9-10,15,17H,3,7-8,11-14H2,1-2H3,(H,21,23). The highest BCUT2D eigenvalue weighted by Crippen LogP contribution is 2.20. The van der Waals surface area contributed by atoms with Gasteiger partial charge in [0, 0.05) is 12.6 Å². The molecule has 2 unspecified atom stereocenters. The van der Waals surface area contributed by atoms with Crippen molar-refractivity contribution in [3.05, 3.63) is 35.9 Å². The van der Waals surface area contributed by atoms with Gasteiger partial charge in [0.2, 0.25) is 5.91 Å². The summed E-state index contributed by atoms with van der Waals surface area (Å²) in [6.07, 6.45) is 3.39. The number of hydrogen-bond donors (Lipinski definition) is 1. The number of piperidine rings is 1. The maximum absolute atomic E-state index is 12.5. The van der Waals surface area contributed by atoms with Crippen LogP contribution in [0.3, 0.4) is 0 Å². The first kappa shape index (κ1) is 19.9. The second kappa shape index (κ2) is 9.94. The number of hydrogen-bond acceptors (Lipinski definition) is 4. The fourth-order valence-corrected chi connectivity index (χ4v) is 3.25. The van der Waals surface area contributed by atoms with Crippen molar-refractivity contribution >= 4 is 17.8 Å². The molecule has 0 spiro atoms. The van der Waals surface area contributed by atoms with Crippen LogP contribution in [0.25, 0.3) is 0 Å². The van der Waals surface area contributed by atoms with Crippen LogP contribution in [0.1, 0.15) is 45.1 Å². The van der Waals surface area contributed by atoms with Crippen LogP contribution >= 0.6 is 0 Å². The number of nitrogens with zero attached hydrogens (tertiary/aromatic N) is 1. The van der Waals surface area contributed by atoms with E-state index in [0.29, 0.717) is 6.54 Å². The van der Waals surface area contributed by atoms with E-state index in [0.717, 1.165) is 31.2 Å². The predicted octanol–water partition coefficient (Wildman–Crippen LogP) is 2.07. The van der Waals surface area contributed by atoms with Crippen molar-refractivity contribution in [1.82, 2.24) is 10.2 Å². The average Bonchev–Trinajstić information content (AvgIpc) is 2.66. The van der Waals surface area contributed by atoms with Gasteiger partial charge in [0.05, 0.1) is 6.42 Å². The Bertz CT molecular complexity index is 617. The van der Waals surface area contributed by atoms with Gasteiger partial charge in [0.25, 0.3) is 5.91 Å². The predicted molar refractivity (Wildman–Crippen MR) is 98.4 cm³/mol. The Hall–Kier alpha value is -2.37. The lowest BCUT2D eigenvalue weighted by Crippen LogP contribution is -2.48. The number of likely N-dealkylation sites (tertiary alicyclic amines) is 1. The van der Waals surface area contributed by atoms with Crippen molar-refractivity contribution in [2.24, 2.45) is 0 Å². The van der Waals surface area contributed by atoms with E-state index in [1.165, 1.54) is 0 Å². The molecule has 0 aliphatic carbocycles. The van der Waals surface area contributed by atoms with E-state index in [1.54, 1.807) is 6.92 Å². The summed E-state index contributed by atoms with van der Waals surface area (Å²) in [6, 6.07) is 9.51. The number of esters is 1. The van der Waals surface area contributed by atoms with Gasteiger partial charge in [-0.25, -0.2) is 0 Å². The molecule has 1 aliphatic rings. The SMILES string of the molecule is CCC1CCCCN1C(=O)C(C)OC(=O)CNC(=O)Cc1ccccc1. The summed E-state index contributed by atoms with van der Waals surface area (Å²) in [7, 11) is 0. The molecular weight excluding hydrogens is 332 g/mol. The summed E-state index contributed by atoms with van der Waals surface area (Å²) in [4.78, 5) is 38.2. The van der Waals surface area contributed by atoms with Crippen molar-refractivity contribution in [3.63, 3.8) is 0 Å². The molecule has 0 bridgehead atoms. The quantitative estimate of drug-likeness (QED) is 0.755. The van der Waals surface area contributed by atoms with Crippen LogP contribution in [-0.4, -0.2) is 47.9 Å². The molecule has 1 heterocycles. The Labute approximate surface area is 154 Å². The molecule has 0 saturated carbocycles. The molecule has 1 aromatic carbocycles. The molecular formula is C20H28N2O4. The largest absolute Gasteiger partial charge is 0.451 e. The number of rotatable bonds is 7. The average molecular weight is 360 g/mol. The van der Waals surface area contributed by atoms with Crippen LogP contribution in [0.2, 0.25) is 0 Å². The molecule has 6 nitrogen and oxygen atoms in total. The van der Waals surface area contributed by atoms with E-state index >= 15 is 0 Å². The fraction of sp³-hybridized carbons (Fsp3) is 0.550. The minimum absolute atomic E-state index is 0.152. The fourth-order valence-electron chi connectivity index (χ4n) is 3.25. The van der Waals surface area contributed by atoms with E-state index in [9.17, 15) is 14.4 Å². The molecule has 2 rings (SSSR count). The summed E-state index contributed by atoms with van der Waals surface area (Å²) >= 11 is 0. The smallest absolute Gasteiger partial charge is 0.326 e. The van der Waals surface area contributed by atoms with Crippen LogP contribution in [0, 0.1) is 0 Å². The van der Waals surface area contributed by atoms with Crippen LogP contribution in [-0.2, 0) is 25.5 Å². The van der Waals surface area contributed by atoms with Crippen molar-refractivity contribution in [2.45, 2.75) is 58.1 Å². The third-order valence-corrected chi connectivity index (χ3v) is 4.67. The molecule has 1 saturated heterocycles. The van der Waals surface area contributed by atoms with E-state index in [4.69, 9.17) is 4.74 Å². The first-order valence-corrected chi connectivity index (χ1v) is 9.31. The zero-order valence-electron chi connectivity index (χ0n) is 15.6. The number of amides is 2. The summed E-state index contributed by atoms with van der Waals surface area (Å²) in [5.74, 6) is -1.01. The number of nitrogens with one attached hydrogen (secondary N) is 1. The molecule has 1 aliphatic heterocycles. The molecule has 0 radical (unpaired) electrons. The third kappa shape index (κ3) is 5.86. The van der Waals surface area contributed by atoms with Gasteiger partial charge in [0.15, 0.2) is 6.10 Å². The monoisotopic (exact) mass is 360 g/mol. The Morgan fingerprint density at radius 3 is 2.65 bits per heavy atom. The van der Waals surface area contributed by atoms with Crippen LogP contribution in [0.15, 0.2) is 30.3 Å². The van der Waals surface area contributed by atoms with E-state index < -0.39 is 12.1 Å². The maximum Gasteiger partial charge on any atom is 0.326 e. The lowest BCUT2D eigenvalue weighted by molar-refractivity contribution is -0.160. The molecule has 26 heavy (non-hydrogen) atoms. The number of benzene rings is 1. The van der Waals surface area contributed by atoms with Gasteiger partial charge in [-0.2, -0.15) is 0 Å². The second-order valence-electron chi connectivity index (χ2n) is 6.66. The second-order valence-corrected chi connectivity index (χ2v) is 6.66. The maximum atomic E-state index is 12.5. The molecule has 1 N–H and O–H groups in total. The summed E-state index contributed by atoms with van der Waals surface area (Å²) in [5, 5.41) is 2.54. The normalized spacial score (nSPS) is 18.1. The minimum atomic E-state index is -0.833. The van der Waals surface area contributed by atoms with Gasteiger partial charge in [-0.05, 0) is 38.2 Å². The van der Waals surface area contributed by atoms with Gasteiger partial charge in [-0.15, -0.1) is 0 Å². The highest BCUT2D eigenvalue weighted by molar-refractivity contribution is 5.86. The van der Waals surface area contributed by atoms with Gasteiger partial charge in [-0.1, -0.05) is 37.3 Å². The van der Waals surface area contributed by atoms with Crippen molar-refractivity contribution in [3.8, 4) is 0 Å². The Morgan fingerprint density at radius 2 is 1.96 bits per heavy atom. The Kier molecular flexibility index (Phi) is 7.63. The molecule has 1 aromatic rings. The van der Waals surface area contributed by atoms with E-state index in [2.05, 4.69) is 12.2 Å². The first-order valence-electron chi connectivity index (χ1n) is 9.31. The van der Waals surface area contributed by atoms with Gasteiger partial charge in [-0.3, -0.25) is 14.4 Å². The van der Waals surface area contributed by atoms with Crippen LogP contribution < -0.4 is 5.32 Å². The van der Waals surface area contributed by atoms with Gasteiger partial charge in [0.1, 0.15) is 6.54 Å². The molecule has 2 atom stereocenters. The van der Waals surface area contributed by atoms with E-state index in [-0.39, 0.29) is 30.8 Å². The van der Waals surface area contributed by atoms with Crippen molar-refractivity contribution < 1.29 is 19.1 Å². The van der Waals surface area contributed by atoms with Crippen LogP contribution in [0.5, 0.6) is 0 Å². The molecule has 0 aromatic heterocycles. The lowest BCUT2D eigenvalue weighted by Gasteiger charge is -2.36. The first-order chi connectivity index (χ1) is 12.5. The molecule has 2 amide bonds. The summed E-state index contributed by atoms with van der Waals surface area (Å²) in [6.45, 7) is 4.14. The number of ether oxygens (including phenoxy) is 1. The van der Waals surface area contributed by atoms with Gasteiger partial charge < -0.3 is 15.0 Å². The number of carbonyl (C=O) groups is 3. The van der Waals surface area contributed by atoms with E-state index in [1.807, 2.05) is 35.2 Å². The third-order valence-electron chi connectivity index (χ3n) is 4.67. The van der Waals surface area contributed by atoms with Gasteiger partial charge >= 0.3 is 5.97 Å². The highest BCUT2D eigenvalue weighted by Gasteiger charge is 2.30. The zero-order chi connectivity index (χ0) is 18.9. The topological polar surface area (TPSA) is 75.7 Å². The van der Waals surface area contributed by atoms with Crippen molar-refractivity contribution in [1.29, 1.82) is 0 Å². The Morgan fingerprint density at radius 1 is 1.23 bits per heavy atom. The highest BCUT2D eigenvalue weighted by atomic mass is 16.5. The zero-order valence-corrected chi connectivity index (χ0v) is 15.6. The minimum Gasteiger partial charge on any atom is -0.451 e. The summed E-state index contributed by atoms with van der Waals surface area (Å²) in [5.41, 5.74) is 0.873. The molecule has 142 valence electrons. The molecule has 1 fully saturated rings. The lowest BCUT2D eigenvalue weighted by atomic mass is 9.99. The molecule has 6 heteroatoms. The summed E-state index contributed by atoms with van der Waals surface area (Å²) < 4.78 is 5.21. The van der Waals surface area contributed by atoms with Crippen LogP contribution in [0.4, 0.5) is 0 Å². The number of carbonyl (C=O) groups excluding carboxylic acids is 3. The van der Waals surface area contributed by atoms with Crippen molar-refractivity contribution in [2.75, 3.05) is 13.1 Å².